The van der Waals surface area contributed by atoms with E-state index in [1.54, 1.807) is 0 Å². The molecule has 2 fully saturated rings. The summed E-state index contributed by atoms with van der Waals surface area (Å²) in [5.74, 6) is 0.00494. The molecule has 0 N–H and O–H groups in total. The van der Waals surface area contributed by atoms with E-state index in [0.717, 1.165) is 25.7 Å². The molecule has 1 saturated heterocycles. The van der Waals surface area contributed by atoms with Crippen molar-refractivity contribution in [2.45, 2.75) is 58.0 Å². The molecule has 0 bridgehead atoms. The molecule has 0 spiro atoms. The molecule has 6 unspecified atom stereocenters. The second-order valence-corrected chi connectivity index (χ2v) is 5.59. The molecular weight excluding hydrogens is 210 g/mol. The van der Waals surface area contributed by atoms with Crippen LogP contribution in [-0.2, 0) is 4.74 Å². The van der Waals surface area contributed by atoms with Gasteiger partial charge < -0.3 is 4.74 Å². The first kappa shape index (κ1) is 12.3. The normalized spacial score (nSPS) is 50.2. The van der Waals surface area contributed by atoms with Gasteiger partial charge in [-0.05, 0) is 50.4 Å². The third kappa shape index (κ3) is 2.39. The molecule has 1 heterocycles. The number of hydrogen-bond donors (Lipinski definition) is 0. The van der Waals surface area contributed by atoms with E-state index in [1.807, 2.05) is 13.8 Å². The minimum absolute atomic E-state index is 0.112. The van der Waals surface area contributed by atoms with Crippen molar-refractivity contribution < 1.29 is 13.5 Å². The van der Waals surface area contributed by atoms with Crippen LogP contribution in [0, 0.1) is 17.8 Å². The van der Waals surface area contributed by atoms with Gasteiger partial charge in [-0.1, -0.05) is 6.92 Å². The van der Waals surface area contributed by atoms with Crippen LogP contribution in [0.3, 0.4) is 0 Å². The van der Waals surface area contributed by atoms with Crippen molar-refractivity contribution in [3.8, 4) is 0 Å². The molecule has 2 rings (SSSR count). The second-order valence-electron chi connectivity index (χ2n) is 5.59. The molecule has 3 heteroatoms. The van der Waals surface area contributed by atoms with Gasteiger partial charge in [-0.25, -0.2) is 8.78 Å². The van der Waals surface area contributed by atoms with Crippen LogP contribution >= 0.6 is 0 Å². The smallest absolute Gasteiger partial charge is 0.135 e. The van der Waals surface area contributed by atoms with Gasteiger partial charge >= 0.3 is 0 Å². The summed E-state index contributed by atoms with van der Waals surface area (Å²) in [7, 11) is 0. The average Bonchev–Trinajstić information content (AvgIpc) is 2.28. The Labute approximate surface area is 96.6 Å². The lowest BCUT2D eigenvalue weighted by atomic mass is 9.72. The Kier molecular flexibility index (Phi) is 3.83. The SMILES string of the molecule is CC1CCC(C2CCC(C)C(F)C2F)CO1. The van der Waals surface area contributed by atoms with Gasteiger partial charge in [0.1, 0.15) is 12.3 Å². The van der Waals surface area contributed by atoms with Crippen LogP contribution in [0.5, 0.6) is 0 Å². The van der Waals surface area contributed by atoms with Crippen LogP contribution in [0.2, 0.25) is 0 Å². The summed E-state index contributed by atoms with van der Waals surface area (Å²) in [6.45, 7) is 4.48. The highest BCUT2D eigenvalue weighted by molar-refractivity contribution is 4.90. The van der Waals surface area contributed by atoms with Gasteiger partial charge in [-0.2, -0.15) is 0 Å². The quantitative estimate of drug-likeness (QED) is 0.672. The topological polar surface area (TPSA) is 9.23 Å². The van der Waals surface area contributed by atoms with Crippen molar-refractivity contribution in [2.24, 2.45) is 17.8 Å². The fraction of sp³-hybridized carbons (Fsp3) is 1.00. The maximum atomic E-state index is 13.9. The fourth-order valence-electron chi connectivity index (χ4n) is 3.06. The molecule has 94 valence electrons. The summed E-state index contributed by atoms with van der Waals surface area (Å²) in [6.07, 6.45) is 1.37. The van der Waals surface area contributed by atoms with Crippen molar-refractivity contribution in [2.75, 3.05) is 6.61 Å². The maximum Gasteiger partial charge on any atom is 0.135 e. The predicted octanol–water partition coefficient (Wildman–Crippen LogP) is 3.52. The minimum atomic E-state index is -1.27. The van der Waals surface area contributed by atoms with Crippen LogP contribution in [0.25, 0.3) is 0 Å². The first-order valence-corrected chi connectivity index (χ1v) is 6.49. The number of halogens is 2. The molecule has 0 radical (unpaired) electrons. The fourth-order valence-corrected chi connectivity index (χ4v) is 3.06. The summed E-state index contributed by atoms with van der Waals surface area (Å²) in [5.41, 5.74) is 0. The Balaban J connectivity index is 1.94. The third-order valence-corrected chi connectivity index (χ3v) is 4.36. The average molecular weight is 232 g/mol. The van der Waals surface area contributed by atoms with E-state index in [1.165, 1.54) is 0 Å². The van der Waals surface area contributed by atoms with Gasteiger partial charge in [0.25, 0.3) is 0 Å². The van der Waals surface area contributed by atoms with Crippen molar-refractivity contribution in [1.82, 2.24) is 0 Å². The lowest BCUT2D eigenvalue weighted by Crippen LogP contribution is -2.43. The van der Waals surface area contributed by atoms with E-state index in [2.05, 4.69) is 0 Å². The first-order chi connectivity index (χ1) is 7.59. The molecule has 2 aliphatic rings. The molecule has 16 heavy (non-hydrogen) atoms. The Morgan fingerprint density at radius 1 is 0.938 bits per heavy atom. The highest BCUT2D eigenvalue weighted by Crippen LogP contribution is 2.40. The molecular formula is C13H22F2O. The number of hydrogen-bond acceptors (Lipinski definition) is 1. The second kappa shape index (κ2) is 4.99. The van der Waals surface area contributed by atoms with Gasteiger partial charge in [0.05, 0.1) is 12.7 Å². The minimum Gasteiger partial charge on any atom is -0.378 e. The largest absolute Gasteiger partial charge is 0.378 e. The highest BCUT2D eigenvalue weighted by Gasteiger charge is 2.42. The lowest BCUT2D eigenvalue weighted by Gasteiger charge is -2.40. The van der Waals surface area contributed by atoms with E-state index in [0.29, 0.717) is 6.61 Å². The molecule has 1 aliphatic carbocycles. The van der Waals surface area contributed by atoms with Crippen molar-refractivity contribution >= 4 is 0 Å². The van der Waals surface area contributed by atoms with Gasteiger partial charge in [0.2, 0.25) is 0 Å². The van der Waals surface area contributed by atoms with E-state index < -0.39 is 12.3 Å². The van der Waals surface area contributed by atoms with Crippen LogP contribution < -0.4 is 0 Å². The molecule has 1 saturated carbocycles. The Bertz CT molecular complexity index is 226. The van der Waals surface area contributed by atoms with Gasteiger partial charge in [-0.3, -0.25) is 0 Å². The van der Waals surface area contributed by atoms with Gasteiger partial charge in [0.15, 0.2) is 0 Å². The van der Waals surface area contributed by atoms with Crippen molar-refractivity contribution in [3.63, 3.8) is 0 Å². The summed E-state index contributed by atoms with van der Waals surface area (Å²) in [4.78, 5) is 0. The van der Waals surface area contributed by atoms with Crippen LogP contribution in [0.15, 0.2) is 0 Å². The Morgan fingerprint density at radius 3 is 2.31 bits per heavy atom. The molecule has 1 nitrogen and oxygen atoms in total. The van der Waals surface area contributed by atoms with E-state index in [4.69, 9.17) is 4.74 Å². The zero-order chi connectivity index (χ0) is 11.7. The highest BCUT2D eigenvalue weighted by atomic mass is 19.2. The zero-order valence-electron chi connectivity index (χ0n) is 10.2. The number of alkyl halides is 2. The van der Waals surface area contributed by atoms with Crippen molar-refractivity contribution in [3.05, 3.63) is 0 Å². The summed E-state index contributed by atoms with van der Waals surface area (Å²) in [6, 6.07) is 0. The molecule has 0 aromatic rings. The monoisotopic (exact) mass is 232 g/mol. The summed E-state index contributed by atoms with van der Waals surface area (Å²) >= 11 is 0. The lowest BCUT2D eigenvalue weighted by molar-refractivity contribution is -0.0646. The molecule has 1 aliphatic heterocycles. The molecule has 0 aromatic heterocycles. The van der Waals surface area contributed by atoms with Crippen LogP contribution in [0.1, 0.15) is 39.5 Å². The van der Waals surface area contributed by atoms with E-state index >= 15 is 0 Å². The van der Waals surface area contributed by atoms with Crippen LogP contribution in [0.4, 0.5) is 8.78 Å². The first-order valence-electron chi connectivity index (χ1n) is 6.49. The van der Waals surface area contributed by atoms with E-state index in [9.17, 15) is 8.78 Å². The van der Waals surface area contributed by atoms with Gasteiger partial charge in [-0.15, -0.1) is 0 Å². The number of rotatable bonds is 1. The summed E-state index contributed by atoms with van der Waals surface area (Å²) < 4.78 is 33.1. The standard InChI is InChI=1S/C13H22F2O/c1-8-3-6-11(13(15)12(8)14)10-5-4-9(2)16-7-10/h8-13H,3-7H2,1-2H3. The van der Waals surface area contributed by atoms with Crippen LogP contribution in [-0.4, -0.2) is 25.1 Å². The summed E-state index contributed by atoms with van der Waals surface area (Å²) in [5, 5.41) is 0. The molecule has 0 amide bonds. The maximum absolute atomic E-state index is 13.9. The van der Waals surface area contributed by atoms with E-state index in [-0.39, 0.29) is 23.9 Å². The molecule has 0 aromatic carbocycles. The third-order valence-electron chi connectivity index (χ3n) is 4.36. The zero-order valence-corrected chi connectivity index (χ0v) is 10.2. The number of ether oxygens (including phenoxy) is 1. The Hall–Kier alpha value is -0.180. The van der Waals surface area contributed by atoms with Gasteiger partial charge in [0, 0.05) is 0 Å². The Morgan fingerprint density at radius 2 is 1.69 bits per heavy atom. The van der Waals surface area contributed by atoms with Crippen molar-refractivity contribution in [1.29, 1.82) is 0 Å². The molecule has 6 atom stereocenters. The predicted molar refractivity (Wildman–Crippen MR) is 59.8 cm³/mol.